The van der Waals surface area contributed by atoms with Crippen LogP contribution in [0.5, 0.6) is 0 Å². The molecule has 1 aromatic heterocycles. The summed E-state index contributed by atoms with van der Waals surface area (Å²) in [6.45, 7) is 0. The van der Waals surface area contributed by atoms with E-state index < -0.39 is 0 Å². The predicted octanol–water partition coefficient (Wildman–Crippen LogP) is 4.34. The van der Waals surface area contributed by atoms with Crippen molar-refractivity contribution in [2.45, 2.75) is 0 Å². The summed E-state index contributed by atoms with van der Waals surface area (Å²) in [7, 11) is 1.79. The number of H-pyrrole nitrogens is 1. The van der Waals surface area contributed by atoms with Crippen molar-refractivity contribution in [3.8, 4) is 0 Å². The molecule has 108 valence electrons. The van der Waals surface area contributed by atoms with E-state index in [9.17, 15) is 4.79 Å². The van der Waals surface area contributed by atoms with Crippen LogP contribution in [0.1, 0.15) is 11.1 Å². The van der Waals surface area contributed by atoms with E-state index in [4.69, 9.17) is 11.6 Å². The van der Waals surface area contributed by atoms with Gasteiger partial charge >= 0.3 is 0 Å². The van der Waals surface area contributed by atoms with Crippen molar-refractivity contribution in [3.05, 3.63) is 64.8 Å². The first-order valence-electron chi connectivity index (χ1n) is 7.02. The number of amides is 1. The molecule has 2 heterocycles. The lowest BCUT2D eigenvalue weighted by molar-refractivity contribution is -0.112. The van der Waals surface area contributed by atoms with Gasteiger partial charge in [0.15, 0.2) is 0 Å². The number of hydrogen-bond donors (Lipinski definition) is 1. The minimum Gasteiger partial charge on any atom is -0.345 e. The standard InChI is InChI=1S/C18H13ClN2O/c1-21-16-9-5-3-7-12(16)14(18(21)22)10-13-11-6-2-4-8-15(11)20-17(13)19/h2-10,20H,1H3/b14-10+. The van der Waals surface area contributed by atoms with Crippen molar-refractivity contribution in [1.29, 1.82) is 0 Å². The van der Waals surface area contributed by atoms with Crippen LogP contribution in [-0.2, 0) is 4.79 Å². The van der Waals surface area contributed by atoms with E-state index in [0.717, 1.165) is 27.7 Å². The molecule has 1 N–H and O–H groups in total. The Bertz CT molecular complexity index is 939. The molecule has 0 saturated heterocycles. The lowest BCUT2D eigenvalue weighted by atomic mass is 10.0. The van der Waals surface area contributed by atoms with Gasteiger partial charge in [-0.2, -0.15) is 0 Å². The number of aromatic amines is 1. The van der Waals surface area contributed by atoms with Gasteiger partial charge < -0.3 is 9.88 Å². The number of hydrogen-bond acceptors (Lipinski definition) is 1. The topological polar surface area (TPSA) is 36.1 Å². The van der Waals surface area contributed by atoms with Crippen LogP contribution in [0.3, 0.4) is 0 Å². The Morgan fingerprint density at radius 1 is 1.09 bits per heavy atom. The zero-order valence-electron chi connectivity index (χ0n) is 11.9. The molecule has 1 aliphatic rings. The molecule has 22 heavy (non-hydrogen) atoms. The normalized spacial score (nSPS) is 15.8. The van der Waals surface area contributed by atoms with Gasteiger partial charge in [-0.1, -0.05) is 48.0 Å². The van der Waals surface area contributed by atoms with Gasteiger partial charge in [0.25, 0.3) is 5.91 Å². The number of nitrogens with one attached hydrogen (secondary N) is 1. The van der Waals surface area contributed by atoms with E-state index in [-0.39, 0.29) is 5.91 Å². The summed E-state index contributed by atoms with van der Waals surface area (Å²) < 4.78 is 0. The fourth-order valence-corrected chi connectivity index (χ4v) is 3.21. The van der Waals surface area contributed by atoms with E-state index in [0.29, 0.717) is 10.7 Å². The van der Waals surface area contributed by atoms with E-state index in [2.05, 4.69) is 4.98 Å². The second-order valence-corrected chi connectivity index (χ2v) is 5.72. The molecular weight excluding hydrogens is 296 g/mol. The van der Waals surface area contributed by atoms with Gasteiger partial charge in [0.05, 0.1) is 5.69 Å². The largest absolute Gasteiger partial charge is 0.345 e. The van der Waals surface area contributed by atoms with E-state index in [1.54, 1.807) is 11.9 Å². The smallest absolute Gasteiger partial charge is 0.258 e. The summed E-state index contributed by atoms with van der Waals surface area (Å²) in [6, 6.07) is 15.7. The summed E-state index contributed by atoms with van der Waals surface area (Å²) in [5, 5.41) is 1.56. The Hall–Kier alpha value is -2.52. The number of carbonyl (C=O) groups excluding carboxylic acids is 1. The Kier molecular flexibility index (Phi) is 2.84. The van der Waals surface area contributed by atoms with Crippen LogP contribution < -0.4 is 4.90 Å². The first kappa shape index (κ1) is 13.2. The van der Waals surface area contributed by atoms with Crippen LogP contribution in [-0.4, -0.2) is 17.9 Å². The lowest BCUT2D eigenvalue weighted by Crippen LogP contribution is -2.20. The van der Waals surface area contributed by atoms with E-state index >= 15 is 0 Å². The van der Waals surface area contributed by atoms with Crippen LogP contribution >= 0.6 is 11.6 Å². The molecular formula is C18H13ClN2O. The van der Waals surface area contributed by atoms with Gasteiger partial charge in [-0.3, -0.25) is 4.79 Å². The molecule has 0 saturated carbocycles. The van der Waals surface area contributed by atoms with Gasteiger partial charge in [-0.25, -0.2) is 0 Å². The molecule has 1 amide bonds. The maximum absolute atomic E-state index is 12.5. The molecule has 0 bridgehead atoms. The lowest BCUT2D eigenvalue weighted by Gasteiger charge is -2.07. The molecule has 0 spiro atoms. The number of anilines is 1. The minimum absolute atomic E-state index is 0.0115. The number of benzene rings is 2. The Morgan fingerprint density at radius 3 is 2.68 bits per heavy atom. The molecule has 0 unspecified atom stereocenters. The third-order valence-corrected chi connectivity index (χ3v) is 4.38. The third kappa shape index (κ3) is 1.79. The monoisotopic (exact) mass is 308 g/mol. The Balaban J connectivity index is 1.96. The highest BCUT2D eigenvalue weighted by Gasteiger charge is 2.29. The quantitative estimate of drug-likeness (QED) is 0.667. The Morgan fingerprint density at radius 2 is 1.82 bits per heavy atom. The van der Waals surface area contributed by atoms with Gasteiger partial charge in [0.2, 0.25) is 0 Å². The van der Waals surface area contributed by atoms with Crippen molar-refractivity contribution in [3.63, 3.8) is 0 Å². The molecule has 0 radical (unpaired) electrons. The van der Waals surface area contributed by atoms with Crippen LogP contribution in [0.25, 0.3) is 22.6 Å². The van der Waals surface area contributed by atoms with Crippen LogP contribution in [0.15, 0.2) is 48.5 Å². The number of para-hydroxylation sites is 2. The number of carbonyl (C=O) groups is 1. The van der Waals surface area contributed by atoms with Crippen LogP contribution in [0.4, 0.5) is 5.69 Å². The average Bonchev–Trinajstić information content (AvgIpc) is 2.98. The minimum atomic E-state index is -0.0115. The van der Waals surface area contributed by atoms with Crippen molar-refractivity contribution < 1.29 is 4.79 Å². The molecule has 2 aromatic carbocycles. The highest BCUT2D eigenvalue weighted by molar-refractivity contribution is 6.38. The second-order valence-electron chi connectivity index (χ2n) is 5.34. The van der Waals surface area contributed by atoms with Gasteiger partial charge in [0, 0.05) is 34.7 Å². The molecule has 3 nitrogen and oxygen atoms in total. The molecule has 4 rings (SSSR count). The highest BCUT2D eigenvalue weighted by Crippen LogP contribution is 2.38. The summed E-state index contributed by atoms with van der Waals surface area (Å²) >= 11 is 6.33. The number of likely N-dealkylation sites (N-methyl/N-ethyl adjacent to an activating group) is 1. The molecule has 4 heteroatoms. The van der Waals surface area contributed by atoms with Crippen LogP contribution in [0, 0.1) is 0 Å². The fraction of sp³-hybridized carbons (Fsp3) is 0.0556. The molecule has 0 fully saturated rings. The summed E-state index contributed by atoms with van der Waals surface area (Å²) in [6.07, 6.45) is 1.88. The molecule has 0 aliphatic carbocycles. The predicted molar refractivity (Wildman–Crippen MR) is 91.0 cm³/mol. The fourth-order valence-electron chi connectivity index (χ4n) is 2.95. The van der Waals surface area contributed by atoms with Crippen molar-refractivity contribution >= 4 is 45.7 Å². The van der Waals surface area contributed by atoms with Gasteiger partial charge in [-0.15, -0.1) is 0 Å². The molecule has 3 aromatic rings. The summed E-state index contributed by atoms with van der Waals surface area (Å²) in [5.41, 5.74) is 4.35. The zero-order chi connectivity index (χ0) is 15.3. The first-order chi connectivity index (χ1) is 10.7. The van der Waals surface area contributed by atoms with Gasteiger partial charge in [0.1, 0.15) is 5.15 Å². The van der Waals surface area contributed by atoms with Crippen molar-refractivity contribution in [2.75, 3.05) is 11.9 Å². The Labute approximate surface area is 132 Å². The van der Waals surface area contributed by atoms with Crippen molar-refractivity contribution in [2.24, 2.45) is 0 Å². The number of nitrogens with zero attached hydrogens (tertiary/aromatic N) is 1. The summed E-state index contributed by atoms with van der Waals surface area (Å²) in [5.74, 6) is -0.0115. The summed E-state index contributed by atoms with van der Waals surface area (Å²) in [4.78, 5) is 17.4. The second kappa shape index (κ2) is 4.75. The molecule has 0 atom stereocenters. The third-order valence-electron chi connectivity index (χ3n) is 4.08. The maximum Gasteiger partial charge on any atom is 0.258 e. The SMILES string of the molecule is CN1C(=O)/C(=C/c2c(Cl)[nH]c3ccccc23)c2ccccc21. The van der Waals surface area contributed by atoms with Gasteiger partial charge in [-0.05, 0) is 18.2 Å². The highest BCUT2D eigenvalue weighted by atomic mass is 35.5. The maximum atomic E-state index is 12.5. The first-order valence-corrected chi connectivity index (χ1v) is 7.40. The number of fused-ring (bicyclic) bond motifs is 2. The molecule has 1 aliphatic heterocycles. The van der Waals surface area contributed by atoms with Crippen molar-refractivity contribution in [1.82, 2.24) is 4.98 Å². The zero-order valence-corrected chi connectivity index (χ0v) is 12.7. The number of aromatic nitrogens is 1. The van der Waals surface area contributed by atoms with E-state index in [1.807, 2.05) is 54.6 Å². The number of halogens is 1. The number of rotatable bonds is 1. The van der Waals surface area contributed by atoms with Crippen LogP contribution in [0.2, 0.25) is 5.15 Å². The average molecular weight is 309 g/mol. The van der Waals surface area contributed by atoms with E-state index in [1.165, 1.54) is 0 Å².